The average Bonchev–Trinajstić information content (AvgIpc) is 2.82. The summed E-state index contributed by atoms with van der Waals surface area (Å²) in [7, 11) is 1.31. The lowest BCUT2D eigenvalue weighted by Gasteiger charge is -2.04. The van der Waals surface area contributed by atoms with Gasteiger partial charge in [-0.05, 0) is 24.3 Å². The maximum atomic E-state index is 11.3. The molecular formula is C11H10N2O3. The molecule has 1 heterocycles. The number of nitrogens with one attached hydrogen (secondary N) is 1. The van der Waals surface area contributed by atoms with Crippen LogP contribution >= 0.6 is 0 Å². The summed E-state index contributed by atoms with van der Waals surface area (Å²) in [5, 5.41) is 16.2. The van der Waals surface area contributed by atoms with E-state index in [1.807, 2.05) is 0 Å². The minimum Gasteiger partial charge on any atom is -0.507 e. The fourth-order valence-corrected chi connectivity index (χ4v) is 1.40. The van der Waals surface area contributed by atoms with E-state index in [-0.39, 0.29) is 5.75 Å². The number of aromatic nitrogens is 2. The highest BCUT2D eigenvalue weighted by atomic mass is 16.5. The molecule has 2 rings (SSSR count). The maximum absolute atomic E-state index is 11.3. The van der Waals surface area contributed by atoms with Crippen LogP contribution in [0.3, 0.4) is 0 Å². The van der Waals surface area contributed by atoms with Gasteiger partial charge in [0.15, 0.2) is 0 Å². The highest BCUT2D eigenvalue weighted by Crippen LogP contribution is 2.28. The Kier molecular flexibility index (Phi) is 2.59. The standard InChI is InChI=1S/C11H10N2O3/c1-16-11(15)7-2-3-10(14)8(6-7)9-4-5-12-13-9/h2-6,14H,1H3,(H,12,13). The van der Waals surface area contributed by atoms with Crippen molar-refractivity contribution in [2.45, 2.75) is 0 Å². The van der Waals surface area contributed by atoms with Crippen molar-refractivity contribution in [1.29, 1.82) is 0 Å². The van der Waals surface area contributed by atoms with Crippen molar-refractivity contribution in [3.63, 3.8) is 0 Å². The first kappa shape index (κ1) is 10.2. The van der Waals surface area contributed by atoms with Crippen LogP contribution in [-0.4, -0.2) is 28.4 Å². The number of carbonyl (C=O) groups is 1. The minimum atomic E-state index is -0.444. The molecule has 0 aliphatic carbocycles. The molecule has 0 bridgehead atoms. The van der Waals surface area contributed by atoms with Gasteiger partial charge in [0.25, 0.3) is 0 Å². The molecule has 0 spiro atoms. The third-order valence-corrected chi connectivity index (χ3v) is 2.21. The monoisotopic (exact) mass is 218 g/mol. The van der Waals surface area contributed by atoms with E-state index in [2.05, 4.69) is 14.9 Å². The first-order chi connectivity index (χ1) is 7.72. The van der Waals surface area contributed by atoms with Gasteiger partial charge >= 0.3 is 5.97 Å². The van der Waals surface area contributed by atoms with E-state index < -0.39 is 5.97 Å². The van der Waals surface area contributed by atoms with Gasteiger partial charge in [-0.2, -0.15) is 5.10 Å². The molecule has 2 aromatic rings. The number of benzene rings is 1. The quantitative estimate of drug-likeness (QED) is 0.750. The Morgan fingerprint density at radius 3 is 2.88 bits per heavy atom. The first-order valence-electron chi connectivity index (χ1n) is 4.63. The van der Waals surface area contributed by atoms with Gasteiger partial charge < -0.3 is 9.84 Å². The molecule has 0 aliphatic rings. The lowest BCUT2D eigenvalue weighted by Crippen LogP contribution is -2.01. The molecule has 0 saturated carbocycles. The van der Waals surface area contributed by atoms with Gasteiger partial charge in [0, 0.05) is 11.8 Å². The zero-order valence-corrected chi connectivity index (χ0v) is 8.60. The van der Waals surface area contributed by atoms with Crippen LogP contribution in [0.25, 0.3) is 11.3 Å². The summed E-state index contributed by atoms with van der Waals surface area (Å²) >= 11 is 0. The number of hydrogen-bond donors (Lipinski definition) is 2. The Hall–Kier alpha value is -2.30. The second-order valence-corrected chi connectivity index (χ2v) is 3.19. The Bertz CT molecular complexity index is 506. The summed E-state index contributed by atoms with van der Waals surface area (Å²) in [6, 6.07) is 6.20. The van der Waals surface area contributed by atoms with Crippen LogP contribution in [0.4, 0.5) is 0 Å². The van der Waals surface area contributed by atoms with Gasteiger partial charge in [-0.3, -0.25) is 5.10 Å². The van der Waals surface area contributed by atoms with E-state index in [0.29, 0.717) is 16.8 Å². The van der Waals surface area contributed by atoms with E-state index in [4.69, 9.17) is 0 Å². The molecule has 0 saturated heterocycles. The third kappa shape index (κ3) is 1.75. The Morgan fingerprint density at radius 2 is 2.25 bits per heavy atom. The second-order valence-electron chi connectivity index (χ2n) is 3.19. The van der Waals surface area contributed by atoms with Gasteiger partial charge in [-0.1, -0.05) is 0 Å². The predicted octanol–water partition coefficient (Wildman–Crippen LogP) is 1.57. The van der Waals surface area contributed by atoms with E-state index in [0.717, 1.165) is 0 Å². The van der Waals surface area contributed by atoms with Crippen LogP contribution < -0.4 is 0 Å². The molecule has 82 valence electrons. The molecule has 2 N–H and O–H groups in total. The highest BCUT2D eigenvalue weighted by molar-refractivity contribution is 5.91. The summed E-state index contributed by atoms with van der Waals surface area (Å²) in [6.07, 6.45) is 1.57. The number of nitrogens with zero attached hydrogens (tertiary/aromatic N) is 1. The predicted molar refractivity (Wildman–Crippen MR) is 57.0 cm³/mol. The lowest BCUT2D eigenvalue weighted by molar-refractivity contribution is 0.0601. The second kappa shape index (κ2) is 4.06. The molecule has 1 aromatic heterocycles. The largest absolute Gasteiger partial charge is 0.507 e. The van der Waals surface area contributed by atoms with Crippen LogP contribution in [0.15, 0.2) is 30.5 Å². The van der Waals surface area contributed by atoms with Crippen LogP contribution in [0.1, 0.15) is 10.4 Å². The van der Waals surface area contributed by atoms with Crippen molar-refractivity contribution >= 4 is 5.97 Å². The van der Waals surface area contributed by atoms with Crippen molar-refractivity contribution in [2.24, 2.45) is 0 Å². The summed E-state index contributed by atoms with van der Waals surface area (Å²) in [6.45, 7) is 0. The van der Waals surface area contributed by atoms with Gasteiger partial charge in [-0.15, -0.1) is 0 Å². The number of ether oxygens (including phenoxy) is 1. The van der Waals surface area contributed by atoms with E-state index >= 15 is 0 Å². The average molecular weight is 218 g/mol. The molecule has 0 fully saturated rings. The van der Waals surface area contributed by atoms with Crippen LogP contribution in [0, 0.1) is 0 Å². The fourth-order valence-electron chi connectivity index (χ4n) is 1.40. The number of aromatic hydroxyl groups is 1. The number of methoxy groups -OCH3 is 1. The number of rotatable bonds is 2. The maximum Gasteiger partial charge on any atom is 0.337 e. The van der Waals surface area contributed by atoms with E-state index in [9.17, 15) is 9.90 Å². The van der Waals surface area contributed by atoms with Crippen molar-refractivity contribution in [2.75, 3.05) is 7.11 Å². The summed E-state index contributed by atoms with van der Waals surface area (Å²) in [4.78, 5) is 11.3. The van der Waals surface area contributed by atoms with E-state index in [1.165, 1.54) is 19.2 Å². The van der Waals surface area contributed by atoms with Gasteiger partial charge in [0.1, 0.15) is 5.75 Å². The van der Waals surface area contributed by atoms with Crippen molar-refractivity contribution < 1.29 is 14.6 Å². The molecule has 0 unspecified atom stereocenters. The highest BCUT2D eigenvalue weighted by Gasteiger charge is 2.11. The molecule has 1 aromatic carbocycles. The fraction of sp³-hybridized carbons (Fsp3) is 0.0909. The van der Waals surface area contributed by atoms with Gasteiger partial charge in [0.05, 0.1) is 18.4 Å². The topological polar surface area (TPSA) is 75.2 Å². The Morgan fingerprint density at radius 1 is 1.44 bits per heavy atom. The minimum absolute atomic E-state index is 0.0805. The normalized spacial score (nSPS) is 10.1. The number of phenolic OH excluding ortho intramolecular Hbond substituents is 1. The van der Waals surface area contributed by atoms with Crippen molar-refractivity contribution in [1.82, 2.24) is 10.2 Å². The summed E-state index contributed by atoms with van der Waals surface area (Å²) in [5.41, 5.74) is 1.54. The lowest BCUT2D eigenvalue weighted by atomic mass is 10.1. The number of phenols is 1. The number of aromatic amines is 1. The molecule has 0 radical (unpaired) electrons. The summed E-state index contributed by atoms with van der Waals surface area (Å²) < 4.78 is 4.60. The molecule has 0 amide bonds. The zero-order valence-electron chi connectivity index (χ0n) is 8.60. The van der Waals surface area contributed by atoms with Crippen molar-refractivity contribution in [3.05, 3.63) is 36.0 Å². The van der Waals surface area contributed by atoms with Gasteiger partial charge in [-0.25, -0.2) is 4.79 Å². The molecular weight excluding hydrogens is 208 g/mol. The van der Waals surface area contributed by atoms with Gasteiger partial charge in [0.2, 0.25) is 0 Å². The van der Waals surface area contributed by atoms with Crippen LogP contribution in [0.5, 0.6) is 5.75 Å². The SMILES string of the molecule is COC(=O)c1ccc(O)c(-c2ccn[nH]2)c1. The third-order valence-electron chi connectivity index (χ3n) is 2.21. The van der Waals surface area contributed by atoms with Crippen molar-refractivity contribution in [3.8, 4) is 17.0 Å². The molecule has 0 aliphatic heterocycles. The smallest absolute Gasteiger partial charge is 0.337 e. The molecule has 5 heteroatoms. The number of carbonyl (C=O) groups excluding carboxylic acids is 1. The molecule has 5 nitrogen and oxygen atoms in total. The zero-order chi connectivity index (χ0) is 11.5. The molecule has 16 heavy (non-hydrogen) atoms. The number of esters is 1. The Labute approximate surface area is 91.7 Å². The number of hydrogen-bond acceptors (Lipinski definition) is 4. The molecule has 0 atom stereocenters. The van der Waals surface area contributed by atoms with Crippen LogP contribution in [-0.2, 0) is 4.74 Å². The van der Waals surface area contributed by atoms with Crippen LogP contribution in [0.2, 0.25) is 0 Å². The number of H-pyrrole nitrogens is 1. The summed E-state index contributed by atoms with van der Waals surface area (Å²) in [5.74, 6) is -0.363. The van der Waals surface area contributed by atoms with E-state index in [1.54, 1.807) is 18.3 Å². The Balaban J connectivity index is 2.49. The first-order valence-corrected chi connectivity index (χ1v) is 4.63.